The average Bonchev–Trinajstić information content (AvgIpc) is 3.03. The lowest BCUT2D eigenvalue weighted by molar-refractivity contribution is -0.141. The van der Waals surface area contributed by atoms with E-state index in [9.17, 15) is 9.90 Å². The number of allylic oxidation sites excluding steroid dienone is 2. The van der Waals surface area contributed by atoms with Gasteiger partial charge in [0.25, 0.3) is 0 Å². The molecule has 0 bridgehead atoms. The fraction of sp³-hybridized carbons (Fsp3) is 0.880. The summed E-state index contributed by atoms with van der Waals surface area (Å²) >= 11 is 0. The second kappa shape index (κ2) is 7.45. The lowest BCUT2D eigenvalue weighted by Gasteiger charge is -2.58. The van der Waals surface area contributed by atoms with Crippen LogP contribution in [0.3, 0.4) is 0 Å². The van der Waals surface area contributed by atoms with Crippen molar-refractivity contribution in [1.82, 2.24) is 0 Å². The van der Waals surface area contributed by atoms with E-state index < -0.39 is 0 Å². The molecule has 4 rings (SSSR count). The van der Waals surface area contributed by atoms with Gasteiger partial charge in [0.1, 0.15) is 0 Å². The number of methoxy groups -OCH3 is 1. The van der Waals surface area contributed by atoms with E-state index in [2.05, 4.69) is 32.9 Å². The van der Waals surface area contributed by atoms with Gasteiger partial charge in [-0.15, -0.1) is 0 Å². The van der Waals surface area contributed by atoms with Crippen LogP contribution in [-0.2, 0) is 9.53 Å². The summed E-state index contributed by atoms with van der Waals surface area (Å²) in [6.07, 6.45) is 15.1. The molecule has 0 radical (unpaired) electrons. The number of hydrogen-bond acceptors (Lipinski definition) is 3. The molecule has 4 aliphatic carbocycles. The summed E-state index contributed by atoms with van der Waals surface area (Å²) in [4.78, 5) is 11.6. The average molecular weight is 389 g/mol. The Labute approximate surface area is 171 Å². The molecule has 0 aromatic rings. The fourth-order valence-corrected chi connectivity index (χ4v) is 8.20. The zero-order valence-corrected chi connectivity index (χ0v) is 18.3. The van der Waals surface area contributed by atoms with Crippen molar-refractivity contribution in [1.29, 1.82) is 0 Å². The van der Waals surface area contributed by atoms with Crippen LogP contribution in [0.1, 0.15) is 78.6 Å². The minimum Gasteiger partial charge on any atom is -0.469 e. The third kappa shape index (κ3) is 3.16. The van der Waals surface area contributed by atoms with Crippen LogP contribution < -0.4 is 0 Å². The highest BCUT2D eigenvalue weighted by Gasteiger charge is 2.58. The summed E-state index contributed by atoms with van der Waals surface area (Å²) in [7, 11) is 1.49. The molecule has 0 amide bonds. The van der Waals surface area contributed by atoms with Crippen LogP contribution in [-0.4, -0.2) is 24.3 Å². The first-order valence-corrected chi connectivity index (χ1v) is 11.7. The van der Waals surface area contributed by atoms with Crippen LogP contribution in [0, 0.1) is 46.3 Å². The summed E-state index contributed by atoms with van der Waals surface area (Å²) < 4.78 is 4.86. The number of aliphatic hydroxyl groups excluding tert-OH is 1. The predicted molar refractivity (Wildman–Crippen MR) is 112 cm³/mol. The quantitative estimate of drug-likeness (QED) is 0.520. The third-order valence-electron chi connectivity index (χ3n) is 9.86. The summed E-state index contributed by atoms with van der Waals surface area (Å²) in [5, 5.41) is 10.2. The lowest BCUT2D eigenvalue weighted by Crippen LogP contribution is -2.52. The van der Waals surface area contributed by atoms with Crippen LogP contribution in [0.5, 0.6) is 0 Å². The van der Waals surface area contributed by atoms with E-state index in [-0.39, 0.29) is 17.5 Å². The van der Waals surface area contributed by atoms with E-state index in [4.69, 9.17) is 4.74 Å². The number of fused-ring (bicyclic) bond motifs is 5. The Morgan fingerprint density at radius 1 is 1.21 bits per heavy atom. The van der Waals surface area contributed by atoms with Crippen LogP contribution in [0.2, 0.25) is 0 Å². The molecule has 0 aliphatic heterocycles. The first-order valence-electron chi connectivity index (χ1n) is 11.7. The number of carbonyl (C=O) groups is 1. The lowest BCUT2D eigenvalue weighted by atomic mass is 9.46. The number of hydrogen-bond donors (Lipinski definition) is 1. The Kier molecular flexibility index (Phi) is 5.44. The molecule has 4 aliphatic rings. The monoisotopic (exact) mass is 388 g/mol. The minimum absolute atomic E-state index is 0.0704. The van der Waals surface area contributed by atoms with Crippen molar-refractivity contribution in [2.75, 3.05) is 7.11 Å². The van der Waals surface area contributed by atoms with Crippen molar-refractivity contribution in [2.45, 2.75) is 84.7 Å². The Bertz CT molecular complexity index is 627. The Morgan fingerprint density at radius 2 is 2.00 bits per heavy atom. The molecule has 0 heterocycles. The second-order valence-electron chi connectivity index (χ2n) is 11.0. The van der Waals surface area contributed by atoms with Gasteiger partial charge in [0, 0.05) is 6.42 Å². The van der Waals surface area contributed by atoms with Crippen molar-refractivity contribution in [3.8, 4) is 0 Å². The number of esters is 1. The maximum atomic E-state index is 11.6. The molecule has 28 heavy (non-hydrogen) atoms. The van der Waals surface area contributed by atoms with E-state index >= 15 is 0 Å². The molecule has 2 unspecified atom stereocenters. The minimum atomic E-state index is -0.0727. The summed E-state index contributed by atoms with van der Waals surface area (Å²) in [6.45, 7) is 7.39. The SMILES string of the molecule is COC(=O)CC[C@@H](C)[C@H]1CC[C@H]2[C@@H]3CCC4CC(O)CC[C@]4(C)[C@H]3C=C[C@]12C. The van der Waals surface area contributed by atoms with Gasteiger partial charge in [-0.1, -0.05) is 32.9 Å². The highest BCUT2D eigenvalue weighted by molar-refractivity contribution is 5.69. The van der Waals surface area contributed by atoms with Crippen molar-refractivity contribution >= 4 is 5.97 Å². The van der Waals surface area contributed by atoms with Gasteiger partial charge in [0.05, 0.1) is 13.2 Å². The number of rotatable bonds is 4. The van der Waals surface area contributed by atoms with E-state index in [1.807, 2.05) is 0 Å². The molecular weight excluding hydrogens is 348 g/mol. The molecule has 0 spiro atoms. The van der Waals surface area contributed by atoms with Gasteiger partial charge in [-0.2, -0.15) is 0 Å². The van der Waals surface area contributed by atoms with Crippen LogP contribution >= 0.6 is 0 Å². The Balaban J connectivity index is 1.53. The fourth-order valence-electron chi connectivity index (χ4n) is 8.20. The predicted octanol–water partition coefficient (Wildman–Crippen LogP) is 5.37. The molecule has 1 N–H and O–H groups in total. The molecule has 0 aromatic heterocycles. The standard InChI is InChI=1S/C25H40O3/c1-16(5-10-23(27)28-4)20-8-9-21-19-7-6-17-15-18(26)11-13-24(17,2)22(19)12-14-25(20,21)3/h12,14,16-22,26H,5-11,13,15H2,1-4H3/t16-,17?,18?,19+,20-,21+,22+,24+,25-/m1/s1. The van der Waals surface area contributed by atoms with E-state index in [1.165, 1.54) is 39.2 Å². The molecule has 158 valence electrons. The van der Waals surface area contributed by atoms with Crippen LogP contribution in [0.15, 0.2) is 12.2 Å². The zero-order chi connectivity index (χ0) is 20.1. The zero-order valence-electron chi connectivity index (χ0n) is 18.3. The summed E-state index contributed by atoms with van der Waals surface area (Å²) in [5.74, 6) is 4.16. The molecule has 0 aromatic carbocycles. The summed E-state index contributed by atoms with van der Waals surface area (Å²) in [6, 6.07) is 0. The van der Waals surface area contributed by atoms with E-state index in [1.54, 1.807) is 0 Å². The van der Waals surface area contributed by atoms with Gasteiger partial charge in [0.2, 0.25) is 0 Å². The Morgan fingerprint density at radius 3 is 2.75 bits per heavy atom. The molecule has 9 atom stereocenters. The van der Waals surface area contributed by atoms with Crippen LogP contribution in [0.25, 0.3) is 0 Å². The highest BCUT2D eigenvalue weighted by atomic mass is 16.5. The largest absolute Gasteiger partial charge is 0.469 e. The maximum absolute atomic E-state index is 11.6. The van der Waals surface area contributed by atoms with Crippen LogP contribution in [0.4, 0.5) is 0 Å². The first-order chi connectivity index (χ1) is 13.3. The number of ether oxygens (including phenoxy) is 1. The number of aliphatic hydroxyl groups is 1. The normalized spacial score (nSPS) is 48.3. The van der Waals surface area contributed by atoms with Gasteiger partial charge < -0.3 is 9.84 Å². The van der Waals surface area contributed by atoms with Crippen molar-refractivity contribution in [3.05, 3.63) is 12.2 Å². The van der Waals surface area contributed by atoms with E-state index in [0.717, 1.165) is 31.1 Å². The van der Waals surface area contributed by atoms with Gasteiger partial charge in [-0.3, -0.25) is 4.79 Å². The molecule has 3 nitrogen and oxygen atoms in total. The smallest absolute Gasteiger partial charge is 0.305 e. The number of carbonyl (C=O) groups excluding carboxylic acids is 1. The third-order valence-corrected chi connectivity index (χ3v) is 9.86. The molecule has 3 fully saturated rings. The van der Waals surface area contributed by atoms with Crippen molar-refractivity contribution in [2.24, 2.45) is 46.3 Å². The van der Waals surface area contributed by atoms with Gasteiger partial charge in [-0.05, 0) is 97.7 Å². The maximum Gasteiger partial charge on any atom is 0.305 e. The molecule has 0 saturated heterocycles. The van der Waals surface area contributed by atoms with Gasteiger partial charge >= 0.3 is 5.97 Å². The molecular formula is C25H40O3. The first kappa shape index (κ1) is 20.4. The van der Waals surface area contributed by atoms with Crippen molar-refractivity contribution < 1.29 is 14.6 Å². The molecule has 3 heteroatoms. The summed E-state index contributed by atoms with van der Waals surface area (Å²) in [5.41, 5.74) is 0.669. The van der Waals surface area contributed by atoms with Gasteiger partial charge in [-0.25, -0.2) is 0 Å². The van der Waals surface area contributed by atoms with Gasteiger partial charge in [0.15, 0.2) is 0 Å². The van der Waals surface area contributed by atoms with E-state index in [0.29, 0.717) is 35.5 Å². The topological polar surface area (TPSA) is 46.5 Å². The highest BCUT2D eigenvalue weighted by Crippen LogP contribution is 2.66. The Hall–Kier alpha value is -0.830. The second-order valence-corrected chi connectivity index (χ2v) is 11.0. The van der Waals surface area contributed by atoms with Crippen molar-refractivity contribution in [3.63, 3.8) is 0 Å². The molecule has 3 saturated carbocycles.